The number of carbonyl (C=O) groups excluding carboxylic acids is 1. The maximum absolute atomic E-state index is 12.2. The summed E-state index contributed by atoms with van der Waals surface area (Å²) >= 11 is 1.66. The number of hydrogen-bond acceptors (Lipinski definition) is 5. The molecular weight excluding hydrogens is 286 g/mol. The number of amides is 1. The van der Waals surface area contributed by atoms with Crippen molar-refractivity contribution in [1.29, 1.82) is 0 Å². The average Bonchev–Trinajstić information content (AvgIpc) is 3.04. The molecule has 1 unspecified atom stereocenters. The van der Waals surface area contributed by atoms with Crippen molar-refractivity contribution in [2.45, 2.75) is 58.2 Å². The molecular formula is C15H25N3O2S. The van der Waals surface area contributed by atoms with Crippen molar-refractivity contribution in [3.8, 4) is 0 Å². The lowest BCUT2D eigenvalue weighted by molar-refractivity contribution is 0.0221. The Labute approximate surface area is 130 Å². The molecule has 1 saturated heterocycles. The van der Waals surface area contributed by atoms with Crippen LogP contribution in [0.3, 0.4) is 0 Å². The third-order valence-electron chi connectivity index (χ3n) is 3.44. The zero-order valence-corrected chi connectivity index (χ0v) is 13.9. The van der Waals surface area contributed by atoms with Crippen molar-refractivity contribution in [3.63, 3.8) is 0 Å². The Morgan fingerprint density at radius 2 is 2.38 bits per heavy atom. The first-order valence-electron chi connectivity index (χ1n) is 7.53. The van der Waals surface area contributed by atoms with Crippen LogP contribution in [0, 0.1) is 0 Å². The molecule has 2 heterocycles. The molecule has 6 heteroatoms. The van der Waals surface area contributed by atoms with E-state index < -0.39 is 5.60 Å². The molecule has 118 valence electrons. The van der Waals surface area contributed by atoms with Gasteiger partial charge in [-0.1, -0.05) is 0 Å². The summed E-state index contributed by atoms with van der Waals surface area (Å²) in [4.78, 5) is 19.4. The van der Waals surface area contributed by atoms with Gasteiger partial charge in [-0.15, -0.1) is 11.3 Å². The standard InChI is InChI=1S/C15H25N3O2S/c1-15(2,3)20-14(19)18-8-4-5-12(18)6-7-16-9-13-10-17-11-21-13/h10-12,16H,4-9H2,1-3H3. The molecule has 1 aliphatic heterocycles. The van der Waals surface area contributed by atoms with Gasteiger partial charge in [-0.25, -0.2) is 4.79 Å². The number of nitrogens with zero attached hydrogens (tertiary/aromatic N) is 2. The fourth-order valence-corrected chi connectivity index (χ4v) is 3.07. The second-order valence-electron chi connectivity index (χ2n) is 6.40. The maximum Gasteiger partial charge on any atom is 0.410 e. The molecule has 5 nitrogen and oxygen atoms in total. The van der Waals surface area contributed by atoms with Crippen molar-refractivity contribution in [2.75, 3.05) is 13.1 Å². The number of nitrogens with one attached hydrogen (secondary N) is 1. The maximum atomic E-state index is 12.2. The Morgan fingerprint density at radius 3 is 3.05 bits per heavy atom. The van der Waals surface area contributed by atoms with Crippen molar-refractivity contribution in [1.82, 2.24) is 15.2 Å². The SMILES string of the molecule is CC(C)(C)OC(=O)N1CCCC1CCNCc1cncs1. The van der Waals surface area contributed by atoms with Gasteiger partial charge in [0, 0.05) is 30.2 Å². The average molecular weight is 311 g/mol. The van der Waals surface area contributed by atoms with E-state index in [9.17, 15) is 4.79 Å². The minimum Gasteiger partial charge on any atom is -0.444 e. The van der Waals surface area contributed by atoms with Gasteiger partial charge in [0.2, 0.25) is 0 Å². The molecule has 0 radical (unpaired) electrons. The minimum atomic E-state index is -0.422. The molecule has 1 aromatic heterocycles. The molecule has 0 bridgehead atoms. The lowest BCUT2D eigenvalue weighted by atomic mass is 10.1. The molecule has 0 aliphatic carbocycles. The van der Waals surface area contributed by atoms with Crippen LogP contribution in [-0.4, -0.2) is 40.7 Å². The minimum absolute atomic E-state index is 0.174. The highest BCUT2D eigenvalue weighted by molar-refractivity contribution is 7.09. The molecule has 0 aromatic carbocycles. The topological polar surface area (TPSA) is 54.5 Å². The van der Waals surface area contributed by atoms with Crippen molar-refractivity contribution in [2.24, 2.45) is 0 Å². The highest BCUT2D eigenvalue weighted by atomic mass is 32.1. The van der Waals surface area contributed by atoms with Gasteiger partial charge in [-0.05, 0) is 46.6 Å². The second-order valence-corrected chi connectivity index (χ2v) is 7.37. The number of ether oxygens (including phenoxy) is 1. The first-order valence-corrected chi connectivity index (χ1v) is 8.41. The number of likely N-dealkylation sites (tertiary alicyclic amines) is 1. The van der Waals surface area contributed by atoms with E-state index in [0.717, 1.165) is 38.9 Å². The van der Waals surface area contributed by atoms with Crippen LogP contribution in [0.4, 0.5) is 4.79 Å². The van der Waals surface area contributed by atoms with Crippen LogP contribution in [0.5, 0.6) is 0 Å². The summed E-state index contributed by atoms with van der Waals surface area (Å²) < 4.78 is 5.48. The van der Waals surface area contributed by atoms with Gasteiger partial charge >= 0.3 is 6.09 Å². The van der Waals surface area contributed by atoms with Gasteiger partial charge < -0.3 is 15.0 Å². The van der Waals surface area contributed by atoms with Gasteiger partial charge in [-0.2, -0.15) is 0 Å². The quantitative estimate of drug-likeness (QED) is 0.849. The highest BCUT2D eigenvalue weighted by Crippen LogP contribution is 2.22. The van der Waals surface area contributed by atoms with E-state index in [4.69, 9.17) is 4.74 Å². The van der Waals surface area contributed by atoms with Crippen molar-refractivity contribution in [3.05, 3.63) is 16.6 Å². The zero-order valence-electron chi connectivity index (χ0n) is 13.1. The summed E-state index contributed by atoms with van der Waals surface area (Å²) in [5, 5.41) is 3.41. The summed E-state index contributed by atoms with van der Waals surface area (Å²) in [6.45, 7) is 8.30. The normalized spacial score (nSPS) is 19.0. The summed E-state index contributed by atoms with van der Waals surface area (Å²) in [5.74, 6) is 0. The number of aromatic nitrogens is 1. The Morgan fingerprint density at radius 1 is 1.57 bits per heavy atom. The van der Waals surface area contributed by atoms with Crippen LogP contribution >= 0.6 is 11.3 Å². The van der Waals surface area contributed by atoms with E-state index in [1.807, 2.05) is 37.4 Å². The molecule has 0 saturated carbocycles. The molecule has 0 spiro atoms. The summed E-state index contributed by atoms with van der Waals surface area (Å²) in [6.07, 6.45) is 4.82. The third-order valence-corrected chi connectivity index (χ3v) is 4.22. The molecule has 1 aliphatic rings. The number of hydrogen-bond donors (Lipinski definition) is 1. The van der Waals surface area contributed by atoms with Gasteiger partial charge in [0.15, 0.2) is 0 Å². The van der Waals surface area contributed by atoms with Crippen LogP contribution in [0.25, 0.3) is 0 Å². The molecule has 2 rings (SSSR count). The molecule has 1 atom stereocenters. The van der Waals surface area contributed by atoms with Crippen molar-refractivity contribution < 1.29 is 9.53 Å². The lowest BCUT2D eigenvalue weighted by Gasteiger charge is -2.28. The number of carbonyl (C=O) groups is 1. The highest BCUT2D eigenvalue weighted by Gasteiger charge is 2.31. The first-order chi connectivity index (χ1) is 9.96. The smallest absolute Gasteiger partial charge is 0.410 e. The van der Waals surface area contributed by atoms with Gasteiger partial charge in [0.25, 0.3) is 0 Å². The summed E-state index contributed by atoms with van der Waals surface area (Å²) in [6, 6.07) is 0.300. The van der Waals surface area contributed by atoms with E-state index in [0.29, 0.717) is 6.04 Å². The molecule has 1 N–H and O–H groups in total. The van der Waals surface area contributed by atoms with Gasteiger partial charge in [-0.3, -0.25) is 4.98 Å². The number of thiazole rings is 1. The Bertz CT molecular complexity index is 442. The van der Waals surface area contributed by atoms with Crippen LogP contribution < -0.4 is 5.32 Å². The van der Waals surface area contributed by atoms with E-state index in [2.05, 4.69) is 10.3 Å². The predicted molar refractivity (Wildman–Crippen MR) is 84.4 cm³/mol. The predicted octanol–water partition coefficient (Wildman–Crippen LogP) is 3.02. The molecule has 21 heavy (non-hydrogen) atoms. The summed E-state index contributed by atoms with van der Waals surface area (Å²) in [5.41, 5.74) is 1.42. The largest absolute Gasteiger partial charge is 0.444 e. The Hall–Kier alpha value is -1.14. The lowest BCUT2D eigenvalue weighted by Crippen LogP contribution is -2.40. The molecule has 1 amide bonds. The molecule has 1 aromatic rings. The van der Waals surface area contributed by atoms with Crippen LogP contribution in [0.2, 0.25) is 0 Å². The zero-order chi connectivity index (χ0) is 15.3. The van der Waals surface area contributed by atoms with E-state index >= 15 is 0 Å². The fourth-order valence-electron chi connectivity index (χ4n) is 2.51. The van der Waals surface area contributed by atoms with E-state index in [1.54, 1.807) is 11.3 Å². The number of rotatable bonds is 5. The molecule has 1 fully saturated rings. The van der Waals surface area contributed by atoms with Gasteiger partial charge in [0.05, 0.1) is 5.51 Å². The van der Waals surface area contributed by atoms with Crippen LogP contribution in [0.15, 0.2) is 11.7 Å². The van der Waals surface area contributed by atoms with E-state index in [-0.39, 0.29) is 6.09 Å². The van der Waals surface area contributed by atoms with E-state index in [1.165, 1.54) is 4.88 Å². The van der Waals surface area contributed by atoms with Crippen LogP contribution in [-0.2, 0) is 11.3 Å². The van der Waals surface area contributed by atoms with Crippen LogP contribution in [0.1, 0.15) is 44.9 Å². The second kappa shape index (κ2) is 7.22. The first kappa shape index (κ1) is 16.2. The fraction of sp³-hybridized carbons (Fsp3) is 0.733. The Kier molecular flexibility index (Phi) is 5.58. The summed E-state index contributed by atoms with van der Waals surface area (Å²) in [7, 11) is 0. The van der Waals surface area contributed by atoms with Crippen molar-refractivity contribution >= 4 is 17.4 Å². The van der Waals surface area contributed by atoms with Gasteiger partial charge in [0.1, 0.15) is 5.60 Å². The Balaban J connectivity index is 1.72. The monoisotopic (exact) mass is 311 g/mol. The third kappa shape index (κ3) is 5.28.